The molecule has 0 saturated heterocycles. The quantitative estimate of drug-likeness (QED) is 0.391. The van der Waals surface area contributed by atoms with E-state index in [0.29, 0.717) is 22.1 Å². The molecule has 21 heavy (non-hydrogen) atoms. The third-order valence-electron chi connectivity index (χ3n) is 2.44. The number of nitrogens with zero attached hydrogens (tertiary/aromatic N) is 1. The van der Waals surface area contributed by atoms with E-state index in [0.717, 1.165) is 0 Å². The van der Waals surface area contributed by atoms with Crippen molar-refractivity contribution in [1.29, 1.82) is 0 Å². The molecule has 0 fully saturated rings. The normalized spacial score (nSPS) is 10.3. The lowest BCUT2D eigenvalue weighted by Crippen LogP contribution is -2.24. The minimum Gasteiger partial charge on any atom is -0.465 e. The summed E-state index contributed by atoms with van der Waals surface area (Å²) in [5, 5.41) is 7.12. The van der Waals surface area contributed by atoms with E-state index in [9.17, 15) is 4.79 Å². The van der Waals surface area contributed by atoms with Crippen molar-refractivity contribution in [2.45, 2.75) is 0 Å². The van der Waals surface area contributed by atoms with Gasteiger partial charge in [-0.25, -0.2) is 4.79 Å². The maximum absolute atomic E-state index is 11.4. The van der Waals surface area contributed by atoms with Crippen LogP contribution in [0, 0.1) is 0 Å². The fraction of sp³-hybridized carbons (Fsp3) is 0.0714. The van der Waals surface area contributed by atoms with Crippen molar-refractivity contribution in [3.63, 3.8) is 0 Å². The monoisotopic (exact) mass is 303 g/mol. The highest BCUT2D eigenvalue weighted by atomic mass is 32.1. The molecule has 0 spiro atoms. The molecule has 0 bridgehead atoms. The van der Waals surface area contributed by atoms with Crippen LogP contribution in [-0.2, 0) is 4.74 Å². The molecule has 1 aromatic heterocycles. The smallest absolute Gasteiger partial charge is 0.337 e. The van der Waals surface area contributed by atoms with Crippen molar-refractivity contribution < 1.29 is 13.9 Å². The average molecular weight is 303 g/mol. The van der Waals surface area contributed by atoms with Gasteiger partial charge in [-0.05, 0) is 42.5 Å². The Kier molecular flexibility index (Phi) is 5.05. The Morgan fingerprint density at radius 3 is 2.95 bits per heavy atom. The standard InChI is InChI=1S/C14H13N3O3S/c1-19-13(18)10-4-2-5-11(8-10)16-14(21)17-15-9-12-6-3-7-20-12/h2-9H,1H3,(H2,16,17,21)/b15-9+. The summed E-state index contributed by atoms with van der Waals surface area (Å²) in [7, 11) is 1.33. The molecule has 7 heteroatoms. The SMILES string of the molecule is COC(=O)c1cccc(NC(=S)N/N=C/c2ccco2)c1. The number of ether oxygens (including phenoxy) is 1. The number of rotatable bonds is 4. The highest BCUT2D eigenvalue weighted by Crippen LogP contribution is 2.11. The van der Waals surface area contributed by atoms with Crippen LogP contribution >= 0.6 is 12.2 Å². The minimum absolute atomic E-state index is 0.292. The Labute approximate surface area is 126 Å². The number of nitrogens with one attached hydrogen (secondary N) is 2. The molecule has 0 aliphatic heterocycles. The van der Waals surface area contributed by atoms with Crippen LogP contribution in [0.25, 0.3) is 0 Å². The number of methoxy groups -OCH3 is 1. The van der Waals surface area contributed by atoms with Crippen molar-refractivity contribution in [3.8, 4) is 0 Å². The van der Waals surface area contributed by atoms with E-state index in [-0.39, 0.29) is 0 Å². The lowest BCUT2D eigenvalue weighted by atomic mass is 10.2. The van der Waals surface area contributed by atoms with Crippen molar-refractivity contribution in [3.05, 3.63) is 54.0 Å². The Hall–Kier alpha value is -2.67. The van der Waals surface area contributed by atoms with Crippen molar-refractivity contribution in [2.24, 2.45) is 5.10 Å². The predicted molar refractivity (Wildman–Crippen MR) is 83.4 cm³/mol. The molecule has 2 rings (SSSR count). The number of carbonyl (C=O) groups excluding carboxylic acids is 1. The van der Waals surface area contributed by atoms with Gasteiger partial charge in [0.1, 0.15) is 5.76 Å². The van der Waals surface area contributed by atoms with Gasteiger partial charge in [0.25, 0.3) is 0 Å². The van der Waals surface area contributed by atoms with Gasteiger partial charge in [0, 0.05) is 5.69 Å². The zero-order valence-corrected chi connectivity index (χ0v) is 12.0. The predicted octanol–water partition coefficient (Wildman–Crippen LogP) is 2.39. The first-order chi connectivity index (χ1) is 10.2. The Morgan fingerprint density at radius 2 is 2.24 bits per heavy atom. The van der Waals surface area contributed by atoms with E-state index < -0.39 is 5.97 Å². The molecule has 1 heterocycles. The molecule has 2 N–H and O–H groups in total. The van der Waals surface area contributed by atoms with Crippen LogP contribution in [0.4, 0.5) is 5.69 Å². The summed E-state index contributed by atoms with van der Waals surface area (Å²) >= 11 is 5.09. The second kappa shape index (κ2) is 7.20. The molecule has 0 radical (unpaired) electrons. The van der Waals surface area contributed by atoms with Crippen LogP contribution in [-0.4, -0.2) is 24.4 Å². The van der Waals surface area contributed by atoms with E-state index in [1.165, 1.54) is 13.3 Å². The molecule has 0 aliphatic rings. The summed E-state index contributed by atoms with van der Waals surface area (Å²) < 4.78 is 9.74. The number of hydrazone groups is 1. The lowest BCUT2D eigenvalue weighted by Gasteiger charge is -2.07. The van der Waals surface area contributed by atoms with Crippen LogP contribution < -0.4 is 10.7 Å². The van der Waals surface area contributed by atoms with Gasteiger partial charge in [-0.1, -0.05) is 6.07 Å². The highest BCUT2D eigenvalue weighted by Gasteiger charge is 2.06. The van der Waals surface area contributed by atoms with Crippen LogP contribution in [0.3, 0.4) is 0 Å². The van der Waals surface area contributed by atoms with Gasteiger partial charge < -0.3 is 14.5 Å². The molecule has 2 aromatic rings. The largest absolute Gasteiger partial charge is 0.465 e. The fourth-order valence-electron chi connectivity index (χ4n) is 1.52. The number of thiocarbonyl (C=S) groups is 1. The molecule has 0 unspecified atom stereocenters. The molecule has 0 amide bonds. The van der Waals surface area contributed by atoms with Gasteiger partial charge in [-0.3, -0.25) is 5.43 Å². The van der Waals surface area contributed by atoms with E-state index in [2.05, 4.69) is 20.6 Å². The zero-order chi connectivity index (χ0) is 15.1. The van der Waals surface area contributed by atoms with E-state index in [1.54, 1.807) is 42.7 Å². The Balaban J connectivity index is 1.92. The zero-order valence-electron chi connectivity index (χ0n) is 11.2. The second-order valence-electron chi connectivity index (χ2n) is 3.91. The molecular weight excluding hydrogens is 290 g/mol. The molecule has 0 saturated carbocycles. The summed E-state index contributed by atoms with van der Waals surface area (Å²) in [6.45, 7) is 0. The number of carbonyl (C=O) groups is 1. The van der Waals surface area contributed by atoms with Gasteiger partial charge in [0.05, 0.1) is 25.2 Å². The first-order valence-electron chi connectivity index (χ1n) is 6.01. The first kappa shape index (κ1) is 14.7. The topological polar surface area (TPSA) is 75.9 Å². The number of esters is 1. The maximum Gasteiger partial charge on any atom is 0.337 e. The van der Waals surface area contributed by atoms with Crippen molar-refractivity contribution in [2.75, 3.05) is 12.4 Å². The number of anilines is 1. The van der Waals surface area contributed by atoms with E-state index in [4.69, 9.17) is 16.6 Å². The van der Waals surface area contributed by atoms with Gasteiger partial charge in [0.15, 0.2) is 5.11 Å². The van der Waals surface area contributed by atoms with Gasteiger partial charge in [0.2, 0.25) is 0 Å². The van der Waals surface area contributed by atoms with Crippen molar-refractivity contribution in [1.82, 2.24) is 5.43 Å². The van der Waals surface area contributed by atoms with Crippen LogP contribution in [0.5, 0.6) is 0 Å². The summed E-state index contributed by atoms with van der Waals surface area (Å²) in [6, 6.07) is 10.3. The molecular formula is C14H13N3O3S. The average Bonchev–Trinajstić information content (AvgIpc) is 3.00. The molecule has 0 aliphatic carbocycles. The molecule has 1 aromatic carbocycles. The lowest BCUT2D eigenvalue weighted by molar-refractivity contribution is 0.0601. The van der Waals surface area contributed by atoms with Crippen molar-refractivity contribution >= 4 is 35.2 Å². The Morgan fingerprint density at radius 1 is 1.38 bits per heavy atom. The second-order valence-corrected chi connectivity index (χ2v) is 4.32. The summed E-state index contributed by atoms with van der Waals surface area (Å²) in [5.41, 5.74) is 3.74. The number of hydrogen-bond acceptors (Lipinski definition) is 5. The van der Waals surface area contributed by atoms with E-state index >= 15 is 0 Å². The van der Waals surface area contributed by atoms with Gasteiger partial charge in [-0.15, -0.1) is 0 Å². The molecule has 0 atom stereocenters. The van der Waals surface area contributed by atoms with Gasteiger partial charge in [-0.2, -0.15) is 5.10 Å². The first-order valence-corrected chi connectivity index (χ1v) is 6.42. The third kappa shape index (κ3) is 4.43. The van der Waals surface area contributed by atoms with Crippen LogP contribution in [0.15, 0.2) is 52.2 Å². The molecule has 6 nitrogen and oxygen atoms in total. The van der Waals surface area contributed by atoms with Gasteiger partial charge >= 0.3 is 5.97 Å². The summed E-state index contributed by atoms with van der Waals surface area (Å²) in [6.07, 6.45) is 3.05. The number of benzene rings is 1. The van der Waals surface area contributed by atoms with Crippen LogP contribution in [0.2, 0.25) is 0 Å². The molecule has 108 valence electrons. The fourth-order valence-corrected chi connectivity index (χ4v) is 1.69. The highest BCUT2D eigenvalue weighted by molar-refractivity contribution is 7.80. The minimum atomic E-state index is -0.409. The van der Waals surface area contributed by atoms with Crippen LogP contribution in [0.1, 0.15) is 16.1 Å². The number of furan rings is 1. The summed E-state index contributed by atoms with van der Waals surface area (Å²) in [4.78, 5) is 11.4. The van der Waals surface area contributed by atoms with E-state index in [1.807, 2.05) is 0 Å². The summed E-state index contributed by atoms with van der Waals surface area (Å²) in [5.74, 6) is 0.200. The third-order valence-corrected chi connectivity index (χ3v) is 2.64. The Bertz CT molecular complexity index is 653. The number of hydrogen-bond donors (Lipinski definition) is 2. The maximum atomic E-state index is 11.4.